The minimum absolute atomic E-state index is 0.613. The van der Waals surface area contributed by atoms with Crippen molar-refractivity contribution >= 4 is 10.0 Å². The molecule has 0 aliphatic carbocycles. The molecule has 0 aliphatic rings. The molecule has 9 heteroatoms. The molecular weight excluding hydrogens is 299 g/mol. The molecule has 0 amide bonds. The van der Waals surface area contributed by atoms with Gasteiger partial charge >= 0.3 is 6.18 Å². The first kappa shape index (κ1) is 16.9. The summed E-state index contributed by atoms with van der Waals surface area (Å²) >= 11 is 0. The molecule has 0 aromatic heterocycles. The monoisotopic (exact) mass is 313 g/mol. The van der Waals surface area contributed by atoms with Gasteiger partial charge in [0, 0.05) is 6.54 Å². The van der Waals surface area contributed by atoms with Crippen molar-refractivity contribution in [3.8, 4) is 0 Å². The van der Waals surface area contributed by atoms with Gasteiger partial charge in [-0.2, -0.15) is 13.2 Å². The molecule has 3 N–H and O–H groups in total. The Kier molecular flexibility index (Phi) is 4.80. The molecular formula is C11H14F3NO4S. The molecule has 1 atom stereocenters. The number of aliphatic hydroxyl groups excluding tert-OH is 1. The van der Waals surface area contributed by atoms with Crippen LogP contribution >= 0.6 is 0 Å². The first-order valence-corrected chi connectivity index (χ1v) is 6.97. The number of nitrogens with one attached hydrogen (secondary N) is 1. The summed E-state index contributed by atoms with van der Waals surface area (Å²) in [6, 6.07) is 3.71. The minimum Gasteiger partial charge on any atom is -0.393 e. The maximum atomic E-state index is 12.7. The van der Waals surface area contributed by atoms with Crippen LogP contribution in [0.25, 0.3) is 0 Å². The van der Waals surface area contributed by atoms with Crippen molar-refractivity contribution in [1.29, 1.82) is 0 Å². The fraction of sp³-hybridized carbons (Fsp3) is 0.455. The summed E-state index contributed by atoms with van der Waals surface area (Å²) in [5.41, 5.74) is -3.06. The Hall–Kier alpha value is -1.16. The largest absolute Gasteiger partial charge is 0.417 e. The normalized spacial score (nSPS) is 15.9. The number of aliphatic hydroxyl groups is 2. The summed E-state index contributed by atoms with van der Waals surface area (Å²) < 4.78 is 63.8. The molecule has 0 aliphatic heterocycles. The van der Waals surface area contributed by atoms with E-state index in [2.05, 4.69) is 0 Å². The SMILES string of the molecule is CC(O)(CO)CNS(=O)(=O)c1ccccc1C(F)(F)F. The Balaban J connectivity index is 3.12. The molecule has 1 unspecified atom stereocenters. The number of halogens is 3. The maximum absolute atomic E-state index is 12.7. The smallest absolute Gasteiger partial charge is 0.393 e. The number of sulfonamides is 1. The highest BCUT2D eigenvalue weighted by atomic mass is 32.2. The molecule has 20 heavy (non-hydrogen) atoms. The number of benzene rings is 1. The van der Waals surface area contributed by atoms with Crippen LogP contribution in [0, 0.1) is 0 Å². The molecule has 1 aromatic rings. The summed E-state index contributed by atoms with van der Waals surface area (Å²) in [5, 5.41) is 18.2. The summed E-state index contributed by atoms with van der Waals surface area (Å²) in [6.45, 7) is -0.209. The molecule has 0 bridgehead atoms. The van der Waals surface area contributed by atoms with Gasteiger partial charge in [0.05, 0.1) is 22.7 Å². The third-order valence-electron chi connectivity index (χ3n) is 2.47. The average molecular weight is 313 g/mol. The summed E-state index contributed by atoms with van der Waals surface area (Å²) in [6.07, 6.45) is -4.81. The van der Waals surface area contributed by atoms with E-state index < -0.39 is 45.4 Å². The van der Waals surface area contributed by atoms with E-state index in [0.29, 0.717) is 6.07 Å². The molecule has 114 valence electrons. The van der Waals surface area contributed by atoms with Crippen LogP contribution in [0.5, 0.6) is 0 Å². The van der Waals surface area contributed by atoms with Crippen molar-refractivity contribution in [1.82, 2.24) is 4.72 Å². The summed E-state index contributed by atoms with van der Waals surface area (Å²) in [4.78, 5) is -0.929. The second-order valence-electron chi connectivity index (χ2n) is 4.47. The van der Waals surface area contributed by atoms with E-state index in [0.717, 1.165) is 25.1 Å². The number of alkyl halides is 3. The van der Waals surface area contributed by atoms with Crippen molar-refractivity contribution in [2.24, 2.45) is 0 Å². The van der Waals surface area contributed by atoms with Crippen LogP contribution in [-0.4, -0.2) is 37.4 Å². The van der Waals surface area contributed by atoms with Crippen LogP contribution in [0.4, 0.5) is 13.2 Å². The predicted molar refractivity (Wildman–Crippen MR) is 64.3 cm³/mol. The van der Waals surface area contributed by atoms with Gasteiger partial charge in [0.1, 0.15) is 0 Å². The standard InChI is InChI=1S/C11H14F3NO4S/c1-10(17,7-16)6-15-20(18,19)9-5-3-2-4-8(9)11(12,13)14/h2-5,15-17H,6-7H2,1H3. The third kappa shape index (κ3) is 4.17. The molecule has 0 radical (unpaired) electrons. The molecule has 0 saturated carbocycles. The van der Waals surface area contributed by atoms with Crippen molar-refractivity contribution < 1.29 is 31.8 Å². The summed E-state index contributed by atoms with van der Waals surface area (Å²) in [5.74, 6) is 0. The van der Waals surface area contributed by atoms with Gasteiger partial charge in [-0.25, -0.2) is 13.1 Å². The number of hydrogen-bond donors (Lipinski definition) is 3. The Labute approximate surface area is 114 Å². The lowest BCUT2D eigenvalue weighted by Gasteiger charge is -2.21. The predicted octanol–water partition coefficient (Wildman–Crippen LogP) is 0.727. The van der Waals surface area contributed by atoms with Gasteiger partial charge in [-0.15, -0.1) is 0 Å². The van der Waals surface area contributed by atoms with Gasteiger partial charge in [-0.05, 0) is 19.1 Å². The van der Waals surface area contributed by atoms with E-state index in [1.807, 2.05) is 4.72 Å². The fourth-order valence-electron chi connectivity index (χ4n) is 1.32. The quantitative estimate of drug-likeness (QED) is 0.748. The Bertz CT molecular complexity index is 569. The van der Waals surface area contributed by atoms with E-state index in [1.165, 1.54) is 0 Å². The van der Waals surface area contributed by atoms with Gasteiger partial charge < -0.3 is 10.2 Å². The van der Waals surface area contributed by atoms with Gasteiger partial charge in [0.25, 0.3) is 0 Å². The first-order valence-electron chi connectivity index (χ1n) is 5.49. The van der Waals surface area contributed by atoms with Crippen molar-refractivity contribution in [2.75, 3.05) is 13.2 Å². The van der Waals surface area contributed by atoms with Crippen LogP contribution in [0.15, 0.2) is 29.2 Å². The highest BCUT2D eigenvalue weighted by Gasteiger charge is 2.37. The lowest BCUT2D eigenvalue weighted by Crippen LogP contribution is -2.43. The minimum atomic E-state index is -4.81. The molecule has 0 spiro atoms. The van der Waals surface area contributed by atoms with E-state index in [4.69, 9.17) is 5.11 Å². The highest BCUT2D eigenvalue weighted by Crippen LogP contribution is 2.33. The lowest BCUT2D eigenvalue weighted by molar-refractivity contribution is -0.139. The lowest BCUT2D eigenvalue weighted by atomic mass is 10.1. The second-order valence-corrected chi connectivity index (χ2v) is 6.21. The molecule has 5 nitrogen and oxygen atoms in total. The van der Waals surface area contributed by atoms with Crippen LogP contribution in [-0.2, 0) is 16.2 Å². The zero-order valence-electron chi connectivity index (χ0n) is 10.5. The van der Waals surface area contributed by atoms with E-state index in [9.17, 15) is 26.7 Å². The average Bonchev–Trinajstić information content (AvgIpc) is 2.36. The molecule has 0 saturated heterocycles. The maximum Gasteiger partial charge on any atom is 0.417 e. The van der Waals surface area contributed by atoms with Gasteiger partial charge in [-0.3, -0.25) is 0 Å². The topological polar surface area (TPSA) is 86.6 Å². The Morgan fingerprint density at radius 2 is 1.80 bits per heavy atom. The first-order chi connectivity index (χ1) is 8.99. The molecule has 1 rings (SSSR count). The van der Waals surface area contributed by atoms with Crippen LogP contribution in [0.3, 0.4) is 0 Å². The summed E-state index contributed by atoms with van der Waals surface area (Å²) in [7, 11) is -4.46. The van der Waals surface area contributed by atoms with Crippen molar-refractivity contribution in [3.63, 3.8) is 0 Å². The number of hydrogen-bond acceptors (Lipinski definition) is 4. The van der Waals surface area contributed by atoms with Gasteiger partial charge in [0.15, 0.2) is 0 Å². The number of rotatable bonds is 5. The van der Waals surface area contributed by atoms with Crippen molar-refractivity contribution in [3.05, 3.63) is 29.8 Å². The zero-order chi connectivity index (χ0) is 15.6. The van der Waals surface area contributed by atoms with E-state index in [1.54, 1.807) is 0 Å². The van der Waals surface area contributed by atoms with Crippen LogP contribution in [0.1, 0.15) is 12.5 Å². The van der Waals surface area contributed by atoms with Crippen LogP contribution in [0.2, 0.25) is 0 Å². The third-order valence-corrected chi connectivity index (χ3v) is 3.93. The fourth-order valence-corrected chi connectivity index (χ4v) is 2.71. The van der Waals surface area contributed by atoms with Gasteiger partial charge in [0.2, 0.25) is 10.0 Å². The Morgan fingerprint density at radius 3 is 2.30 bits per heavy atom. The Morgan fingerprint density at radius 1 is 1.25 bits per heavy atom. The van der Waals surface area contributed by atoms with Gasteiger partial charge in [-0.1, -0.05) is 12.1 Å². The van der Waals surface area contributed by atoms with Crippen LogP contribution < -0.4 is 4.72 Å². The van der Waals surface area contributed by atoms with Crippen molar-refractivity contribution in [2.45, 2.75) is 23.6 Å². The van der Waals surface area contributed by atoms with E-state index in [-0.39, 0.29) is 0 Å². The highest BCUT2D eigenvalue weighted by molar-refractivity contribution is 7.89. The molecule has 1 aromatic carbocycles. The molecule has 0 heterocycles. The van der Waals surface area contributed by atoms with E-state index >= 15 is 0 Å². The zero-order valence-corrected chi connectivity index (χ0v) is 11.3. The second kappa shape index (κ2) is 5.68. The molecule has 0 fully saturated rings.